The van der Waals surface area contributed by atoms with Crippen LogP contribution < -0.4 is 15.0 Å². The minimum Gasteiger partial charge on any atom is -0.496 e. The lowest BCUT2D eigenvalue weighted by molar-refractivity contribution is 0.249. The second kappa shape index (κ2) is 5.57. The normalized spacial score (nSPS) is 10.2. The van der Waals surface area contributed by atoms with Gasteiger partial charge in [-0.2, -0.15) is 0 Å². The number of anilines is 1. The molecule has 0 aromatic heterocycles. The second-order valence-electron chi connectivity index (χ2n) is 4.20. The summed E-state index contributed by atoms with van der Waals surface area (Å²) in [6.45, 7) is 4.20. The predicted molar refractivity (Wildman–Crippen MR) is 69.9 cm³/mol. The van der Waals surface area contributed by atoms with Crippen LogP contribution in [0.5, 0.6) is 5.75 Å². The molecule has 17 heavy (non-hydrogen) atoms. The highest BCUT2D eigenvalue weighted by Gasteiger charge is 2.13. The van der Waals surface area contributed by atoms with E-state index in [0.29, 0.717) is 5.92 Å². The van der Waals surface area contributed by atoms with Gasteiger partial charge in [0.15, 0.2) is 0 Å². The summed E-state index contributed by atoms with van der Waals surface area (Å²) in [4.78, 5) is 13.1. The van der Waals surface area contributed by atoms with E-state index in [4.69, 9.17) is 4.74 Å². The minimum absolute atomic E-state index is 0.134. The van der Waals surface area contributed by atoms with Crippen LogP contribution in [0.25, 0.3) is 0 Å². The zero-order chi connectivity index (χ0) is 13.0. The maximum Gasteiger partial charge on any atom is 0.321 e. The van der Waals surface area contributed by atoms with Gasteiger partial charge in [0, 0.05) is 19.8 Å². The van der Waals surface area contributed by atoms with Crippen LogP contribution in [0.3, 0.4) is 0 Å². The Balaban J connectivity index is 3.12. The summed E-state index contributed by atoms with van der Waals surface area (Å²) in [5, 5.41) is 2.60. The molecule has 0 spiro atoms. The van der Waals surface area contributed by atoms with Gasteiger partial charge in [-0.15, -0.1) is 0 Å². The molecule has 0 unspecified atom stereocenters. The van der Waals surface area contributed by atoms with E-state index in [0.717, 1.165) is 17.0 Å². The van der Waals surface area contributed by atoms with E-state index in [1.807, 2.05) is 18.2 Å². The molecule has 0 bridgehead atoms. The lowest BCUT2D eigenvalue weighted by atomic mass is 10.0. The van der Waals surface area contributed by atoms with E-state index in [-0.39, 0.29) is 6.03 Å². The van der Waals surface area contributed by atoms with Crippen LogP contribution >= 0.6 is 0 Å². The fourth-order valence-corrected chi connectivity index (χ4v) is 1.67. The number of carbonyl (C=O) groups excluding carboxylic acids is 1. The van der Waals surface area contributed by atoms with Crippen LogP contribution in [0.1, 0.15) is 25.3 Å². The Morgan fingerprint density at radius 1 is 1.41 bits per heavy atom. The molecule has 1 N–H and O–H groups in total. The van der Waals surface area contributed by atoms with Crippen molar-refractivity contribution in [3.8, 4) is 5.75 Å². The van der Waals surface area contributed by atoms with E-state index < -0.39 is 0 Å². The molecule has 1 rings (SSSR count). The van der Waals surface area contributed by atoms with E-state index in [2.05, 4.69) is 19.2 Å². The first-order chi connectivity index (χ1) is 8.01. The molecule has 0 saturated carbocycles. The third-order valence-corrected chi connectivity index (χ3v) is 2.74. The van der Waals surface area contributed by atoms with Crippen LogP contribution in [-0.4, -0.2) is 27.2 Å². The number of nitrogens with one attached hydrogen (secondary N) is 1. The number of hydrogen-bond donors (Lipinski definition) is 1. The molecule has 1 aromatic carbocycles. The molecule has 0 heterocycles. The van der Waals surface area contributed by atoms with Gasteiger partial charge >= 0.3 is 6.03 Å². The molecule has 0 aliphatic rings. The average molecular weight is 236 g/mol. The monoisotopic (exact) mass is 236 g/mol. The maximum atomic E-state index is 11.5. The molecule has 0 fully saturated rings. The van der Waals surface area contributed by atoms with E-state index in [9.17, 15) is 4.79 Å². The number of hydrogen-bond acceptors (Lipinski definition) is 2. The number of ether oxygens (including phenoxy) is 1. The van der Waals surface area contributed by atoms with Crippen molar-refractivity contribution in [1.29, 1.82) is 0 Å². The Labute approximate surface area is 103 Å². The molecular formula is C13H20N2O2. The Kier molecular flexibility index (Phi) is 4.37. The SMILES string of the molecule is CNC(=O)N(C)c1ccc(OC)c(C(C)C)c1. The average Bonchev–Trinajstić information content (AvgIpc) is 2.35. The summed E-state index contributed by atoms with van der Waals surface area (Å²) >= 11 is 0. The van der Waals surface area contributed by atoms with Gasteiger partial charge in [0.1, 0.15) is 5.75 Å². The Morgan fingerprint density at radius 2 is 2.06 bits per heavy atom. The van der Waals surface area contributed by atoms with E-state index in [1.165, 1.54) is 0 Å². The Hall–Kier alpha value is -1.71. The second-order valence-corrected chi connectivity index (χ2v) is 4.20. The molecule has 2 amide bonds. The number of nitrogens with zero attached hydrogens (tertiary/aromatic N) is 1. The molecular weight excluding hydrogens is 216 g/mol. The fourth-order valence-electron chi connectivity index (χ4n) is 1.67. The third kappa shape index (κ3) is 2.90. The van der Waals surface area contributed by atoms with Gasteiger partial charge in [-0.25, -0.2) is 4.79 Å². The lowest BCUT2D eigenvalue weighted by Crippen LogP contribution is -2.34. The van der Waals surface area contributed by atoms with Crippen LogP contribution in [0, 0.1) is 0 Å². The van der Waals surface area contributed by atoms with Crippen molar-refractivity contribution in [1.82, 2.24) is 5.32 Å². The summed E-state index contributed by atoms with van der Waals surface area (Å²) in [6.07, 6.45) is 0. The molecule has 4 heteroatoms. The Morgan fingerprint density at radius 3 is 2.53 bits per heavy atom. The number of benzene rings is 1. The van der Waals surface area contributed by atoms with Crippen molar-refractivity contribution in [2.45, 2.75) is 19.8 Å². The minimum atomic E-state index is -0.134. The highest BCUT2D eigenvalue weighted by Crippen LogP contribution is 2.30. The molecule has 0 aliphatic carbocycles. The third-order valence-electron chi connectivity index (χ3n) is 2.74. The van der Waals surface area contributed by atoms with Crippen LogP contribution in [-0.2, 0) is 0 Å². The van der Waals surface area contributed by atoms with Gasteiger partial charge in [0.25, 0.3) is 0 Å². The summed E-state index contributed by atoms with van der Waals surface area (Å²) in [6, 6.07) is 5.62. The van der Waals surface area contributed by atoms with Crippen molar-refractivity contribution < 1.29 is 9.53 Å². The van der Waals surface area contributed by atoms with Crippen molar-refractivity contribution >= 4 is 11.7 Å². The molecule has 0 aliphatic heterocycles. The first-order valence-electron chi connectivity index (χ1n) is 5.64. The van der Waals surface area contributed by atoms with Gasteiger partial charge in [-0.1, -0.05) is 13.8 Å². The van der Waals surface area contributed by atoms with E-state index >= 15 is 0 Å². The zero-order valence-electron chi connectivity index (χ0n) is 11.1. The molecule has 4 nitrogen and oxygen atoms in total. The number of methoxy groups -OCH3 is 1. The summed E-state index contributed by atoms with van der Waals surface area (Å²) in [7, 11) is 5.01. The summed E-state index contributed by atoms with van der Waals surface area (Å²) < 4.78 is 5.31. The maximum absolute atomic E-state index is 11.5. The van der Waals surface area contributed by atoms with Crippen molar-refractivity contribution in [2.24, 2.45) is 0 Å². The van der Waals surface area contributed by atoms with Gasteiger partial charge in [-0.3, -0.25) is 4.90 Å². The highest BCUT2D eigenvalue weighted by atomic mass is 16.5. The standard InChI is InChI=1S/C13H20N2O2/c1-9(2)11-8-10(6-7-12(11)17-5)15(4)13(16)14-3/h6-9H,1-5H3,(H,14,16). The van der Waals surface area contributed by atoms with Gasteiger partial charge in [0.05, 0.1) is 7.11 Å². The molecule has 1 aromatic rings. The topological polar surface area (TPSA) is 41.6 Å². The van der Waals surface area contributed by atoms with Gasteiger partial charge in [0.2, 0.25) is 0 Å². The summed E-state index contributed by atoms with van der Waals surface area (Å²) in [5.74, 6) is 1.21. The highest BCUT2D eigenvalue weighted by molar-refractivity contribution is 5.91. The first kappa shape index (κ1) is 13.4. The van der Waals surface area contributed by atoms with Crippen molar-refractivity contribution in [3.63, 3.8) is 0 Å². The van der Waals surface area contributed by atoms with Crippen LogP contribution in [0.4, 0.5) is 10.5 Å². The molecule has 0 radical (unpaired) electrons. The smallest absolute Gasteiger partial charge is 0.321 e. The number of rotatable bonds is 3. The van der Waals surface area contributed by atoms with Crippen LogP contribution in [0.15, 0.2) is 18.2 Å². The van der Waals surface area contributed by atoms with E-state index in [1.54, 1.807) is 26.1 Å². The summed E-state index contributed by atoms with van der Waals surface area (Å²) in [5.41, 5.74) is 1.95. The Bertz CT molecular complexity index is 402. The van der Waals surface area contributed by atoms with Gasteiger partial charge < -0.3 is 10.1 Å². The zero-order valence-corrected chi connectivity index (χ0v) is 11.1. The van der Waals surface area contributed by atoms with Gasteiger partial charge in [-0.05, 0) is 29.7 Å². The number of amides is 2. The molecule has 0 atom stereocenters. The first-order valence-corrected chi connectivity index (χ1v) is 5.64. The van der Waals surface area contributed by atoms with Crippen molar-refractivity contribution in [2.75, 3.05) is 26.1 Å². The lowest BCUT2D eigenvalue weighted by Gasteiger charge is -2.20. The fraction of sp³-hybridized carbons (Fsp3) is 0.462. The van der Waals surface area contributed by atoms with Crippen LogP contribution in [0.2, 0.25) is 0 Å². The molecule has 94 valence electrons. The molecule has 0 saturated heterocycles. The largest absolute Gasteiger partial charge is 0.496 e. The number of carbonyl (C=O) groups is 1. The number of urea groups is 1. The van der Waals surface area contributed by atoms with Crippen molar-refractivity contribution in [3.05, 3.63) is 23.8 Å². The predicted octanol–water partition coefficient (Wildman–Crippen LogP) is 2.59. The quantitative estimate of drug-likeness (QED) is 0.876.